The van der Waals surface area contributed by atoms with Gasteiger partial charge in [-0.05, 0) is 218 Å². The van der Waals surface area contributed by atoms with Crippen molar-refractivity contribution >= 4 is 84.3 Å². The molecule has 1 aliphatic rings. The molecule has 12 N–H and O–H groups in total. The molecular weight excluding hydrogens is 1560 g/mol. The van der Waals surface area contributed by atoms with E-state index in [1.807, 2.05) is 121 Å². The van der Waals surface area contributed by atoms with Crippen molar-refractivity contribution in [3.8, 4) is 90.6 Å². The molecule has 11 aromatic carbocycles. The standard InChI is InChI=1S/C25H19FN6O.C22H14F2N6O.C22H15FN6O.C20H14N6O2/c26-21-7-5-16(11-19(21)25(33)29-18-9-14-3-1-2-4-15(14)10-18)23-20-12-17(24-27-13-28-32-24)6-8-22(20)30-31-23;23-14-3-5-15(6-4-14)27-22(31)16-9-12(1-7-18(16)24)20-17-10-13(21-25-11-26-30-21)2-8-19(17)28-29-20;23-16-6-8-17(9-7-16)26-22(30)14-3-1-13(2-4-14)20-18-11-15(21-24-12-25-29-21)5-10-19(18)27-28-20;27-20(17-2-1-9-28-17)23-14-6-3-12(4-7-14)18-15-10-13(19-21-11-22-26-19)5-8-16(15)24-25-18/h1-8,11-13,18H,9-10H2,(H,29,33)(H,30,31)(H,27,28,32);1-11H,(H,27,31)(H,28,29)(H,25,26,30);1-12H,(H,26,30)(H,27,28)(H,24,25,29);1-11H,(H,23,27)(H,24,25)(H,21,22,26). The zero-order valence-electron chi connectivity index (χ0n) is 63.4. The van der Waals surface area contributed by atoms with Crippen LogP contribution >= 0.6 is 0 Å². The van der Waals surface area contributed by atoms with E-state index >= 15 is 0 Å². The van der Waals surface area contributed by atoms with Gasteiger partial charge in [-0.15, -0.1) is 0 Å². The number of carbonyl (C=O) groups excluding carboxylic acids is 4. The number of aromatic nitrogens is 20. The summed E-state index contributed by atoms with van der Waals surface area (Å²) in [4.78, 5) is 66.8. The summed E-state index contributed by atoms with van der Waals surface area (Å²) in [7, 11) is 0. The minimum absolute atomic E-state index is 0.00555. The highest BCUT2D eigenvalue weighted by atomic mass is 19.1. The van der Waals surface area contributed by atoms with Gasteiger partial charge in [-0.3, -0.25) is 60.0 Å². The average molecular weight is 1620 g/mol. The van der Waals surface area contributed by atoms with E-state index in [1.165, 1.54) is 109 Å². The molecule has 29 nitrogen and oxygen atoms in total. The number of nitrogens with zero attached hydrogens (tertiary/aromatic N) is 12. The van der Waals surface area contributed by atoms with Crippen LogP contribution < -0.4 is 21.3 Å². The third-order valence-electron chi connectivity index (χ3n) is 20.1. The van der Waals surface area contributed by atoms with Crippen LogP contribution in [0.15, 0.2) is 279 Å². The lowest BCUT2D eigenvalue weighted by atomic mass is 10.0. The summed E-state index contributed by atoms with van der Waals surface area (Å²) in [5, 5.41) is 71.2. The first kappa shape index (κ1) is 76.1. The number of nitrogens with one attached hydrogen (secondary N) is 12. The normalized spacial score (nSPS) is 11.6. The van der Waals surface area contributed by atoms with E-state index in [0.29, 0.717) is 68.4 Å². The summed E-state index contributed by atoms with van der Waals surface area (Å²) in [6, 6.07) is 68.7. The Morgan fingerprint density at radius 3 is 1.05 bits per heavy atom. The Kier molecular flexibility index (Phi) is 20.9. The Bertz CT molecular complexity index is 7130. The van der Waals surface area contributed by atoms with Crippen LogP contribution in [0.5, 0.6) is 0 Å². The summed E-state index contributed by atoms with van der Waals surface area (Å²) < 4.78 is 60.3. The van der Waals surface area contributed by atoms with Crippen LogP contribution in [0, 0.1) is 23.3 Å². The topological polar surface area (TPSA) is 411 Å². The second kappa shape index (κ2) is 33.5. The molecule has 0 bridgehead atoms. The average Bonchev–Trinajstić information content (AvgIpc) is 1.60. The first-order valence-corrected chi connectivity index (χ1v) is 37.7. The summed E-state index contributed by atoms with van der Waals surface area (Å²) >= 11 is 0. The van der Waals surface area contributed by atoms with E-state index in [4.69, 9.17) is 4.42 Å². The predicted molar refractivity (Wildman–Crippen MR) is 448 cm³/mol. The molecular formula is C89H62F4N24O5. The van der Waals surface area contributed by atoms with Gasteiger partial charge >= 0.3 is 0 Å². The van der Waals surface area contributed by atoms with Crippen LogP contribution in [-0.4, -0.2) is 131 Å². The molecule has 33 heteroatoms. The number of benzene rings is 11. The molecule has 0 saturated carbocycles. The Morgan fingerprint density at radius 2 is 0.672 bits per heavy atom. The predicted octanol–water partition coefficient (Wildman–Crippen LogP) is 16.9. The van der Waals surface area contributed by atoms with Gasteiger partial charge in [0.25, 0.3) is 23.6 Å². The van der Waals surface area contributed by atoms with Crippen molar-refractivity contribution in [2.75, 3.05) is 16.0 Å². The number of aromatic amines is 8. The minimum Gasteiger partial charge on any atom is -0.459 e. The van der Waals surface area contributed by atoms with Crippen molar-refractivity contribution in [3.05, 3.63) is 331 Å². The van der Waals surface area contributed by atoms with Crippen LogP contribution in [0.2, 0.25) is 0 Å². The molecule has 0 saturated heterocycles. The molecule has 20 aromatic rings. The Morgan fingerprint density at radius 1 is 0.328 bits per heavy atom. The molecule has 1 aliphatic carbocycles. The first-order valence-electron chi connectivity index (χ1n) is 37.7. The Balaban J connectivity index is 0.000000111. The number of furan rings is 1. The number of halogens is 4. The van der Waals surface area contributed by atoms with Gasteiger partial charge in [0.1, 0.15) is 48.6 Å². The maximum Gasteiger partial charge on any atom is 0.291 e. The highest BCUT2D eigenvalue weighted by Crippen LogP contribution is 2.36. The largest absolute Gasteiger partial charge is 0.459 e. The highest BCUT2D eigenvalue weighted by molar-refractivity contribution is 6.08. The molecule has 0 aliphatic heterocycles. The van der Waals surface area contributed by atoms with Crippen molar-refractivity contribution < 1.29 is 41.2 Å². The number of amides is 4. The van der Waals surface area contributed by atoms with Crippen LogP contribution in [0.1, 0.15) is 52.8 Å². The monoisotopic (exact) mass is 1620 g/mol. The van der Waals surface area contributed by atoms with Gasteiger partial charge in [-0.2, -0.15) is 40.8 Å². The SMILES string of the molecule is O=C(NC1Cc2ccccc2C1)c1cc(-c2n[nH]c3ccc(-c4ncn[nH]4)cc23)ccc1F.O=C(Nc1ccc(-c2n[nH]c3ccc(-c4ncn[nH]4)cc23)cc1)c1ccco1.O=C(Nc1ccc(F)cc1)c1cc(-c2n[nH]c3ccc(-c4ncn[nH]4)cc23)ccc1F.O=C(Nc1ccc(F)cc1)c1ccc(-c2n[nH]c3ccc(-c4ncn[nH]4)cc23)cc1. The maximum absolute atomic E-state index is 14.7. The van der Waals surface area contributed by atoms with Crippen LogP contribution in [-0.2, 0) is 12.8 Å². The molecule has 596 valence electrons. The van der Waals surface area contributed by atoms with E-state index in [0.717, 1.165) is 101 Å². The zero-order chi connectivity index (χ0) is 83.2. The molecule has 9 aromatic heterocycles. The minimum atomic E-state index is -0.675. The van der Waals surface area contributed by atoms with E-state index in [1.54, 1.807) is 42.5 Å². The van der Waals surface area contributed by atoms with Gasteiger partial charge in [0.15, 0.2) is 29.1 Å². The fraction of sp³-hybridized carbons (Fsp3) is 0.0337. The Hall–Kier alpha value is -17.3. The third kappa shape index (κ3) is 16.4. The van der Waals surface area contributed by atoms with Gasteiger partial charge in [0.05, 0.1) is 62.2 Å². The molecule has 0 atom stereocenters. The fourth-order valence-corrected chi connectivity index (χ4v) is 14.1. The van der Waals surface area contributed by atoms with E-state index in [-0.39, 0.29) is 40.6 Å². The number of fused-ring (bicyclic) bond motifs is 5. The zero-order valence-corrected chi connectivity index (χ0v) is 63.4. The number of carbonyl (C=O) groups is 4. The lowest BCUT2D eigenvalue weighted by molar-refractivity contribution is 0.0932. The van der Waals surface area contributed by atoms with E-state index < -0.39 is 29.3 Å². The summed E-state index contributed by atoms with van der Waals surface area (Å²) in [6.45, 7) is 0. The maximum atomic E-state index is 14.7. The second-order valence-electron chi connectivity index (χ2n) is 27.9. The van der Waals surface area contributed by atoms with Crippen molar-refractivity contribution in [3.63, 3.8) is 0 Å². The molecule has 122 heavy (non-hydrogen) atoms. The van der Waals surface area contributed by atoms with Crippen LogP contribution in [0.25, 0.3) is 134 Å². The summed E-state index contributed by atoms with van der Waals surface area (Å²) in [6.07, 6.45) is 8.77. The van der Waals surface area contributed by atoms with Gasteiger partial charge in [0, 0.05) is 94.7 Å². The number of hydrogen-bond donors (Lipinski definition) is 12. The van der Waals surface area contributed by atoms with Gasteiger partial charge in [-0.25, -0.2) is 37.5 Å². The Labute approximate surface area is 685 Å². The second-order valence-corrected chi connectivity index (χ2v) is 27.9. The van der Waals surface area contributed by atoms with Crippen molar-refractivity contribution in [2.45, 2.75) is 18.9 Å². The highest BCUT2D eigenvalue weighted by Gasteiger charge is 2.26. The van der Waals surface area contributed by atoms with Gasteiger partial charge < -0.3 is 25.7 Å². The molecule has 21 rings (SSSR count). The number of rotatable bonds is 16. The van der Waals surface area contributed by atoms with Gasteiger partial charge in [0.2, 0.25) is 0 Å². The fourth-order valence-electron chi connectivity index (χ4n) is 14.1. The summed E-state index contributed by atoms with van der Waals surface area (Å²) in [5.74, 6) is -0.761. The van der Waals surface area contributed by atoms with E-state index in [2.05, 4.69) is 135 Å². The lowest BCUT2D eigenvalue weighted by Gasteiger charge is -2.13. The van der Waals surface area contributed by atoms with Crippen LogP contribution in [0.3, 0.4) is 0 Å². The molecule has 0 radical (unpaired) electrons. The van der Waals surface area contributed by atoms with Crippen LogP contribution in [0.4, 0.5) is 34.6 Å². The van der Waals surface area contributed by atoms with Crippen molar-refractivity contribution in [2.24, 2.45) is 0 Å². The van der Waals surface area contributed by atoms with Crippen molar-refractivity contribution in [1.82, 2.24) is 107 Å². The van der Waals surface area contributed by atoms with Gasteiger partial charge in [-0.1, -0.05) is 48.5 Å². The quantitative estimate of drug-likeness (QED) is 0.0400. The van der Waals surface area contributed by atoms with Crippen molar-refractivity contribution in [1.29, 1.82) is 0 Å². The summed E-state index contributed by atoms with van der Waals surface area (Å²) in [5.41, 5.74) is 17.1. The molecule has 0 spiro atoms. The number of hydrogen-bond acceptors (Lipinski definition) is 17. The third-order valence-corrected chi connectivity index (χ3v) is 20.1. The van der Waals surface area contributed by atoms with E-state index in [9.17, 15) is 36.7 Å². The first-order chi connectivity index (χ1) is 59.7. The molecule has 0 unspecified atom stereocenters. The number of H-pyrrole nitrogens is 8. The smallest absolute Gasteiger partial charge is 0.291 e. The molecule has 0 fully saturated rings. The lowest BCUT2D eigenvalue weighted by Crippen LogP contribution is -2.35. The molecule has 4 amide bonds. The molecule has 9 heterocycles. The number of anilines is 3.